The second kappa shape index (κ2) is 3.95. The van der Waals surface area contributed by atoms with E-state index in [1.807, 2.05) is 6.07 Å². The molecule has 0 amide bonds. The molecule has 0 aliphatic carbocycles. The summed E-state index contributed by atoms with van der Waals surface area (Å²) < 4.78 is 13.2. The van der Waals surface area contributed by atoms with Crippen LogP contribution in [-0.2, 0) is 0 Å². The van der Waals surface area contributed by atoms with Gasteiger partial charge in [0.05, 0.1) is 22.0 Å². The van der Waals surface area contributed by atoms with Gasteiger partial charge in [0.1, 0.15) is 5.82 Å². The molecule has 1 unspecified atom stereocenters. The molecule has 1 aromatic rings. The first-order chi connectivity index (χ1) is 6.07. The summed E-state index contributed by atoms with van der Waals surface area (Å²) in [5, 5.41) is 8.99. The van der Waals surface area contributed by atoms with Crippen LogP contribution in [0.3, 0.4) is 0 Å². The minimum atomic E-state index is -0.591. The third-order valence-electron chi connectivity index (χ3n) is 1.71. The molecule has 68 valence electrons. The Morgan fingerprint density at radius 1 is 1.46 bits per heavy atom. The lowest BCUT2D eigenvalue weighted by Crippen LogP contribution is -1.96. The molecule has 13 heavy (non-hydrogen) atoms. The maximum Gasteiger partial charge on any atom is 0.129 e. The smallest absolute Gasteiger partial charge is 0.129 e. The summed E-state index contributed by atoms with van der Waals surface area (Å²) >= 11 is 11.4. The molecule has 0 N–H and O–H groups in total. The summed E-state index contributed by atoms with van der Waals surface area (Å²) in [4.78, 5) is 0. The van der Waals surface area contributed by atoms with Crippen molar-refractivity contribution < 1.29 is 4.39 Å². The fourth-order valence-corrected chi connectivity index (χ4v) is 1.49. The Balaban J connectivity index is 3.35. The maximum atomic E-state index is 13.2. The average molecular weight is 218 g/mol. The first-order valence-electron chi connectivity index (χ1n) is 3.61. The topological polar surface area (TPSA) is 23.8 Å². The summed E-state index contributed by atoms with van der Waals surface area (Å²) in [6, 6.07) is 4.48. The minimum absolute atomic E-state index is 0.121. The van der Waals surface area contributed by atoms with E-state index in [0.29, 0.717) is 0 Å². The van der Waals surface area contributed by atoms with Gasteiger partial charge >= 0.3 is 0 Å². The molecule has 0 aliphatic heterocycles. The van der Waals surface area contributed by atoms with Gasteiger partial charge in [0.25, 0.3) is 0 Å². The molecule has 1 nitrogen and oxygen atoms in total. The van der Waals surface area contributed by atoms with Crippen LogP contribution in [0.2, 0.25) is 10.0 Å². The normalized spacial score (nSPS) is 12.2. The van der Waals surface area contributed by atoms with E-state index in [1.54, 1.807) is 6.92 Å². The summed E-state index contributed by atoms with van der Waals surface area (Å²) in [6.07, 6.45) is 0. The van der Waals surface area contributed by atoms with Crippen molar-refractivity contribution in [1.82, 2.24) is 0 Å². The Kier molecular flexibility index (Phi) is 3.13. The van der Waals surface area contributed by atoms with Gasteiger partial charge in [-0.25, -0.2) is 4.39 Å². The SMILES string of the molecule is CC(C#N)c1c(F)ccc(Cl)c1Cl. The highest BCUT2D eigenvalue weighted by atomic mass is 35.5. The molecule has 0 radical (unpaired) electrons. The summed E-state index contributed by atoms with van der Waals surface area (Å²) in [5.74, 6) is -1.09. The van der Waals surface area contributed by atoms with Crippen LogP contribution in [0.4, 0.5) is 4.39 Å². The highest BCUT2D eigenvalue weighted by Gasteiger charge is 2.16. The Hall–Kier alpha value is -0.780. The van der Waals surface area contributed by atoms with Crippen molar-refractivity contribution >= 4 is 23.2 Å². The predicted octanol–water partition coefficient (Wildman–Crippen LogP) is 3.76. The lowest BCUT2D eigenvalue weighted by atomic mass is 10.0. The van der Waals surface area contributed by atoms with Gasteiger partial charge in [-0.15, -0.1) is 0 Å². The Morgan fingerprint density at radius 2 is 2.08 bits per heavy atom. The fraction of sp³-hybridized carbons (Fsp3) is 0.222. The Labute approximate surface area is 85.7 Å². The van der Waals surface area contributed by atoms with E-state index >= 15 is 0 Å². The van der Waals surface area contributed by atoms with E-state index in [4.69, 9.17) is 28.5 Å². The number of benzene rings is 1. The van der Waals surface area contributed by atoms with Crippen LogP contribution in [-0.4, -0.2) is 0 Å². The number of nitriles is 1. The van der Waals surface area contributed by atoms with Gasteiger partial charge in [-0.1, -0.05) is 23.2 Å². The zero-order valence-corrected chi connectivity index (χ0v) is 8.33. The summed E-state index contributed by atoms with van der Waals surface area (Å²) in [5.41, 5.74) is 0.164. The van der Waals surface area contributed by atoms with Crippen molar-refractivity contribution in [2.75, 3.05) is 0 Å². The monoisotopic (exact) mass is 217 g/mol. The van der Waals surface area contributed by atoms with Gasteiger partial charge in [-0.05, 0) is 19.1 Å². The highest BCUT2D eigenvalue weighted by molar-refractivity contribution is 6.42. The zero-order chi connectivity index (χ0) is 10.0. The van der Waals surface area contributed by atoms with Gasteiger partial charge in [-0.3, -0.25) is 0 Å². The van der Waals surface area contributed by atoms with E-state index in [9.17, 15) is 4.39 Å². The largest absolute Gasteiger partial charge is 0.207 e. The number of halogens is 3. The van der Waals surface area contributed by atoms with Gasteiger partial charge in [0, 0.05) is 5.56 Å². The molecular formula is C9H6Cl2FN. The number of hydrogen-bond donors (Lipinski definition) is 0. The highest BCUT2D eigenvalue weighted by Crippen LogP contribution is 2.32. The lowest BCUT2D eigenvalue weighted by molar-refractivity contribution is 0.606. The third-order valence-corrected chi connectivity index (χ3v) is 2.53. The number of nitrogens with zero attached hydrogens (tertiary/aromatic N) is 1. The molecule has 0 bridgehead atoms. The molecule has 0 aliphatic rings. The van der Waals surface area contributed by atoms with Gasteiger partial charge in [-0.2, -0.15) is 5.26 Å². The molecule has 0 saturated carbocycles. The fourth-order valence-electron chi connectivity index (χ4n) is 1.00. The summed E-state index contributed by atoms with van der Waals surface area (Å²) in [6.45, 7) is 1.57. The van der Waals surface area contributed by atoms with Crippen molar-refractivity contribution in [3.8, 4) is 6.07 Å². The second-order valence-electron chi connectivity index (χ2n) is 2.61. The van der Waals surface area contributed by atoms with Crippen LogP contribution in [0, 0.1) is 17.1 Å². The molecule has 1 rings (SSSR count). The van der Waals surface area contributed by atoms with Crippen LogP contribution in [0.5, 0.6) is 0 Å². The van der Waals surface area contributed by atoms with Gasteiger partial charge < -0.3 is 0 Å². The predicted molar refractivity (Wildman–Crippen MR) is 50.4 cm³/mol. The van der Waals surface area contributed by atoms with Crippen LogP contribution >= 0.6 is 23.2 Å². The van der Waals surface area contributed by atoms with Gasteiger partial charge in [0.2, 0.25) is 0 Å². The maximum absolute atomic E-state index is 13.2. The van der Waals surface area contributed by atoms with Crippen molar-refractivity contribution in [2.24, 2.45) is 0 Å². The van der Waals surface area contributed by atoms with E-state index < -0.39 is 11.7 Å². The van der Waals surface area contributed by atoms with Crippen molar-refractivity contribution in [3.63, 3.8) is 0 Å². The lowest BCUT2D eigenvalue weighted by Gasteiger charge is -2.08. The molecular weight excluding hydrogens is 212 g/mol. The molecule has 0 fully saturated rings. The molecule has 0 saturated heterocycles. The first kappa shape index (κ1) is 10.3. The Bertz CT molecular complexity index is 371. The second-order valence-corrected chi connectivity index (χ2v) is 3.39. The van der Waals surface area contributed by atoms with E-state index in [2.05, 4.69) is 0 Å². The molecule has 0 spiro atoms. The average Bonchev–Trinajstić information content (AvgIpc) is 2.12. The van der Waals surface area contributed by atoms with E-state index in [1.165, 1.54) is 12.1 Å². The number of rotatable bonds is 1. The van der Waals surface area contributed by atoms with Crippen LogP contribution < -0.4 is 0 Å². The minimum Gasteiger partial charge on any atom is -0.207 e. The quantitative estimate of drug-likeness (QED) is 0.658. The third kappa shape index (κ3) is 1.93. The van der Waals surface area contributed by atoms with E-state index in [-0.39, 0.29) is 15.6 Å². The molecule has 1 atom stereocenters. The zero-order valence-electron chi connectivity index (χ0n) is 6.81. The van der Waals surface area contributed by atoms with Crippen LogP contribution in [0.25, 0.3) is 0 Å². The molecule has 4 heteroatoms. The molecule has 1 aromatic carbocycles. The molecule has 0 aromatic heterocycles. The number of hydrogen-bond acceptors (Lipinski definition) is 1. The van der Waals surface area contributed by atoms with E-state index in [0.717, 1.165) is 0 Å². The van der Waals surface area contributed by atoms with Crippen LogP contribution in [0.15, 0.2) is 12.1 Å². The van der Waals surface area contributed by atoms with Crippen molar-refractivity contribution in [3.05, 3.63) is 33.6 Å². The van der Waals surface area contributed by atoms with Crippen molar-refractivity contribution in [2.45, 2.75) is 12.8 Å². The van der Waals surface area contributed by atoms with Crippen molar-refractivity contribution in [1.29, 1.82) is 5.26 Å². The standard InChI is InChI=1S/C9H6Cl2FN/c1-5(4-13)8-7(12)3-2-6(10)9(8)11/h2-3,5H,1H3. The Morgan fingerprint density at radius 3 is 2.62 bits per heavy atom. The van der Waals surface area contributed by atoms with Crippen LogP contribution in [0.1, 0.15) is 18.4 Å². The first-order valence-corrected chi connectivity index (χ1v) is 4.36. The molecule has 0 heterocycles. The van der Waals surface area contributed by atoms with Gasteiger partial charge in [0.15, 0.2) is 0 Å². The summed E-state index contributed by atoms with van der Waals surface area (Å²) in [7, 11) is 0.